The van der Waals surface area contributed by atoms with Crippen LogP contribution in [0.1, 0.15) is 19.8 Å². The molecule has 0 radical (unpaired) electrons. The van der Waals surface area contributed by atoms with Crippen LogP contribution in [-0.4, -0.2) is 34.6 Å². The predicted molar refractivity (Wildman–Crippen MR) is 65.4 cm³/mol. The van der Waals surface area contributed by atoms with Gasteiger partial charge in [-0.15, -0.1) is 0 Å². The van der Waals surface area contributed by atoms with Crippen molar-refractivity contribution in [2.45, 2.75) is 32.4 Å². The maximum Gasteiger partial charge on any atom is 0.220 e. The van der Waals surface area contributed by atoms with E-state index in [0.29, 0.717) is 12.3 Å². The highest BCUT2D eigenvalue weighted by Gasteiger charge is 2.18. The molecule has 2 unspecified atom stereocenters. The molecule has 17 heavy (non-hydrogen) atoms. The molecule has 0 spiro atoms. The van der Waals surface area contributed by atoms with Crippen molar-refractivity contribution in [3.8, 4) is 0 Å². The maximum absolute atomic E-state index is 11.8. The molecule has 0 aromatic carbocycles. The molecule has 94 valence electrons. The minimum atomic E-state index is 0.145. The van der Waals surface area contributed by atoms with Crippen molar-refractivity contribution in [1.82, 2.24) is 20.2 Å². The second-order valence-corrected chi connectivity index (χ2v) is 4.79. The highest BCUT2D eigenvalue weighted by molar-refractivity contribution is 5.76. The number of nitrogens with one attached hydrogen (secondary N) is 2. The number of hydrogen-bond acceptors (Lipinski definition) is 3. The van der Waals surface area contributed by atoms with Crippen molar-refractivity contribution in [3.63, 3.8) is 0 Å². The fourth-order valence-corrected chi connectivity index (χ4v) is 2.24. The molecule has 1 saturated heterocycles. The highest BCUT2D eigenvalue weighted by Crippen LogP contribution is 2.11. The molecule has 1 aromatic heterocycles. The minimum absolute atomic E-state index is 0.145. The summed E-state index contributed by atoms with van der Waals surface area (Å²) in [6, 6.07) is 0.145. The Bertz CT molecular complexity index is 343. The van der Waals surface area contributed by atoms with Crippen molar-refractivity contribution in [2.24, 2.45) is 5.92 Å². The summed E-state index contributed by atoms with van der Waals surface area (Å²) in [7, 11) is 0. The van der Waals surface area contributed by atoms with Crippen LogP contribution in [0.3, 0.4) is 0 Å². The number of amides is 1. The lowest BCUT2D eigenvalue weighted by molar-refractivity contribution is -0.122. The van der Waals surface area contributed by atoms with E-state index in [9.17, 15) is 4.79 Å². The van der Waals surface area contributed by atoms with Crippen molar-refractivity contribution in [1.29, 1.82) is 0 Å². The highest BCUT2D eigenvalue weighted by atomic mass is 16.1. The third-order valence-corrected chi connectivity index (χ3v) is 3.09. The van der Waals surface area contributed by atoms with E-state index in [-0.39, 0.29) is 11.9 Å². The van der Waals surface area contributed by atoms with Crippen LogP contribution >= 0.6 is 0 Å². The van der Waals surface area contributed by atoms with Crippen LogP contribution in [-0.2, 0) is 11.3 Å². The van der Waals surface area contributed by atoms with Gasteiger partial charge in [-0.3, -0.25) is 4.79 Å². The van der Waals surface area contributed by atoms with Gasteiger partial charge in [0, 0.05) is 31.4 Å². The van der Waals surface area contributed by atoms with Gasteiger partial charge >= 0.3 is 0 Å². The van der Waals surface area contributed by atoms with Crippen LogP contribution in [0.25, 0.3) is 0 Å². The van der Waals surface area contributed by atoms with Crippen LogP contribution < -0.4 is 10.6 Å². The number of rotatable bonds is 5. The summed E-state index contributed by atoms with van der Waals surface area (Å²) in [5.41, 5.74) is 0. The average Bonchev–Trinajstić information content (AvgIpc) is 2.90. The minimum Gasteiger partial charge on any atom is -0.352 e. The molecule has 2 heterocycles. The van der Waals surface area contributed by atoms with E-state index in [1.807, 2.05) is 17.7 Å². The summed E-state index contributed by atoms with van der Waals surface area (Å²) in [4.78, 5) is 15.8. The van der Waals surface area contributed by atoms with Gasteiger partial charge in [-0.25, -0.2) is 4.98 Å². The van der Waals surface area contributed by atoms with Crippen LogP contribution in [0.4, 0.5) is 0 Å². The molecule has 0 bridgehead atoms. The van der Waals surface area contributed by atoms with Crippen LogP contribution in [0.2, 0.25) is 0 Å². The molecule has 0 aliphatic carbocycles. The molecule has 1 fully saturated rings. The molecular weight excluding hydrogens is 216 g/mol. The summed E-state index contributed by atoms with van der Waals surface area (Å²) in [5.74, 6) is 0.668. The van der Waals surface area contributed by atoms with Crippen molar-refractivity contribution < 1.29 is 4.79 Å². The monoisotopic (exact) mass is 236 g/mol. The lowest BCUT2D eigenvalue weighted by Crippen LogP contribution is -2.36. The molecule has 1 amide bonds. The summed E-state index contributed by atoms with van der Waals surface area (Å²) in [6.07, 6.45) is 7.18. The average molecular weight is 236 g/mol. The number of carbonyl (C=O) groups excluding carboxylic acids is 1. The first kappa shape index (κ1) is 12.1. The van der Waals surface area contributed by atoms with Crippen molar-refractivity contribution in [3.05, 3.63) is 18.7 Å². The van der Waals surface area contributed by atoms with E-state index in [4.69, 9.17) is 0 Å². The molecule has 5 heteroatoms. The van der Waals surface area contributed by atoms with E-state index in [0.717, 1.165) is 26.1 Å². The standard InChI is InChI=1S/C12H20N4O/c1-10(8-16-5-4-14-9-16)15-12(17)6-11-2-3-13-7-11/h4-5,9-11,13H,2-3,6-8H2,1H3,(H,15,17). The Morgan fingerprint density at radius 3 is 3.24 bits per heavy atom. The van der Waals surface area contributed by atoms with E-state index in [1.54, 1.807) is 12.5 Å². The molecule has 1 aliphatic heterocycles. The SMILES string of the molecule is CC(Cn1ccnc1)NC(=O)CC1CCNC1. The second-order valence-electron chi connectivity index (χ2n) is 4.79. The first-order chi connectivity index (χ1) is 8.24. The fourth-order valence-electron chi connectivity index (χ4n) is 2.24. The Hall–Kier alpha value is -1.36. The molecule has 2 N–H and O–H groups in total. The summed E-state index contributed by atoms with van der Waals surface area (Å²) < 4.78 is 1.97. The summed E-state index contributed by atoms with van der Waals surface area (Å²) in [5, 5.41) is 6.30. The van der Waals surface area contributed by atoms with Gasteiger partial charge in [0.1, 0.15) is 0 Å². The quantitative estimate of drug-likeness (QED) is 0.777. The van der Waals surface area contributed by atoms with Crippen molar-refractivity contribution in [2.75, 3.05) is 13.1 Å². The zero-order valence-corrected chi connectivity index (χ0v) is 10.2. The smallest absolute Gasteiger partial charge is 0.220 e. The fraction of sp³-hybridized carbons (Fsp3) is 0.667. The first-order valence-electron chi connectivity index (χ1n) is 6.20. The second kappa shape index (κ2) is 5.82. The predicted octanol–water partition coefficient (Wildman–Crippen LogP) is 0.387. The van der Waals surface area contributed by atoms with E-state index >= 15 is 0 Å². The Balaban J connectivity index is 1.70. The summed E-state index contributed by atoms with van der Waals surface area (Å²) in [6.45, 7) is 4.81. The van der Waals surface area contributed by atoms with E-state index in [2.05, 4.69) is 15.6 Å². The largest absolute Gasteiger partial charge is 0.352 e. The van der Waals surface area contributed by atoms with Gasteiger partial charge in [-0.05, 0) is 32.4 Å². The van der Waals surface area contributed by atoms with Gasteiger partial charge < -0.3 is 15.2 Å². The Labute approximate surface area is 102 Å². The molecule has 2 rings (SSSR count). The molecule has 0 saturated carbocycles. The Morgan fingerprint density at radius 2 is 2.59 bits per heavy atom. The van der Waals surface area contributed by atoms with Crippen molar-refractivity contribution >= 4 is 5.91 Å². The molecular formula is C12H20N4O. The lowest BCUT2D eigenvalue weighted by Gasteiger charge is -2.15. The van der Waals surface area contributed by atoms with Crippen LogP contribution in [0, 0.1) is 5.92 Å². The number of imidazole rings is 1. The van der Waals surface area contributed by atoms with E-state index < -0.39 is 0 Å². The van der Waals surface area contributed by atoms with E-state index in [1.165, 1.54) is 0 Å². The Morgan fingerprint density at radius 1 is 1.71 bits per heavy atom. The maximum atomic E-state index is 11.8. The third kappa shape index (κ3) is 3.85. The molecule has 5 nitrogen and oxygen atoms in total. The number of nitrogens with zero attached hydrogens (tertiary/aromatic N) is 2. The Kier molecular flexibility index (Phi) is 4.14. The van der Waals surface area contributed by atoms with Gasteiger partial charge in [0.2, 0.25) is 5.91 Å². The number of aromatic nitrogens is 2. The number of hydrogen-bond donors (Lipinski definition) is 2. The third-order valence-electron chi connectivity index (χ3n) is 3.09. The van der Waals surface area contributed by atoms with Gasteiger partial charge in [0.15, 0.2) is 0 Å². The van der Waals surface area contributed by atoms with Gasteiger partial charge in [0.05, 0.1) is 6.33 Å². The van der Waals surface area contributed by atoms with Gasteiger partial charge in [-0.1, -0.05) is 0 Å². The summed E-state index contributed by atoms with van der Waals surface area (Å²) >= 11 is 0. The number of carbonyl (C=O) groups is 1. The lowest BCUT2D eigenvalue weighted by atomic mass is 10.0. The van der Waals surface area contributed by atoms with Gasteiger partial charge in [-0.2, -0.15) is 0 Å². The normalized spacial score (nSPS) is 21.4. The zero-order chi connectivity index (χ0) is 12.1. The molecule has 2 atom stereocenters. The molecule has 1 aliphatic rings. The molecule has 1 aromatic rings. The van der Waals surface area contributed by atoms with Crippen LogP contribution in [0.5, 0.6) is 0 Å². The first-order valence-corrected chi connectivity index (χ1v) is 6.20. The zero-order valence-electron chi connectivity index (χ0n) is 10.2. The van der Waals surface area contributed by atoms with Crippen LogP contribution in [0.15, 0.2) is 18.7 Å². The van der Waals surface area contributed by atoms with Gasteiger partial charge in [0.25, 0.3) is 0 Å². The topological polar surface area (TPSA) is 59.0 Å².